The van der Waals surface area contributed by atoms with E-state index < -0.39 is 0 Å². The summed E-state index contributed by atoms with van der Waals surface area (Å²) in [7, 11) is 0. The first-order valence-corrected chi connectivity index (χ1v) is 10.5. The quantitative estimate of drug-likeness (QED) is 0.319. The molecule has 156 valence electrons. The van der Waals surface area contributed by atoms with Crippen LogP contribution in [0.25, 0.3) is 0 Å². The summed E-state index contributed by atoms with van der Waals surface area (Å²) >= 11 is 1.87. The van der Waals surface area contributed by atoms with E-state index in [9.17, 15) is 0 Å². The van der Waals surface area contributed by atoms with E-state index in [-0.39, 0.29) is 24.0 Å². The highest BCUT2D eigenvalue weighted by molar-refractivity contribution is 14.0. The SMILES string of the molecule is CCNC(=NCC(c1ccc(C)s1)N1CCOCC1)NCCc1ccco1.I. The lowest BCUT2D eigenvalue weighted by atomic mass is 10.2. The zero-order chi connectivity index (χ0) is 18.9. The molecule has 2 aromatic heterocycles. The molecule has 0 saturated carbocycles. The average Bonchev–Trinajstić information content (AvgIpc) is 3.35. The molecule has 0 amide bonds. The Balaban J connectivity index is 0.00000280. The van der Waals surface area contributed by atoms with Crippen LogP contribution in [-0.2, 0) is 11.2 Å². The van der Waals surface area contributed by atoms with E-state index in [1.165, 1.54) is 9.75 Å². The third-order valence-electron chi connectivity index (χ3n) is 4.59. The molecule has 6 nitrogen and oxygen atoms in total. The maximum atomic E-state index is 5.54. The average molecular weight is 518 g/mol. The molecule has 3 rings (SSSR count). The van der Waals surface area contributed by atoms with Crippen molar-refractivity contribution in [1.82, 2.24) is 15.5 Å². The minimum Gasteiger partial charge on any atom is -0.469 e. The number of aliphatic imine (C=N–C) groups is 1. The number of halogens is 1. The fourth-order valence-corrected chi connectivity index (χ4v) is 4.19. The summed E-state index contributed by atoms with van der Waals surface area (Å²) in [5.41, 5.74) is 0. The normalized spacial score (nSPS) is 16.4. The first-order chi connectivity index (χ1) is 13.3. The van der Waals surface area contributed by atoms with Crippen LogP contribution >= 0.6 is 35.3 Å². The van der Waals surface area contributed by atoms with Crippen molar-refractivity contribution in [3.63, 3.8) is 0 Å². The number of hydrogen-bond donors (Lipinski definition) is 2. The number of nitrogens with one attached hydrogen (secondary N) is 2. The van der Waals surface area contributed by atoms with Gasteiger partial charge in [0.25, 0.3) is 0 Å². The topological polar surface area (TPSA) is 62.0 Å². The molecule has 1 unspecified atom stereocenters. The molecule has 0 radical (unpaired) electrons. The number of hydrogen-bond acceptors (Lipinski definition) is 5. The van der Waals surface area contributed by atoms with Crippen LogP contribution in [0.4, 0.5) is 0 Å². The monoisotopic (exact) mass is 518 g/mol. The fraction of sp³-hybridized carbons (Fsp3) is 0.550. The van der Waals surface area contributed by atoms with Gasteiger partial charge in [-0.2, -0.15) is 0 Å². The van der Waals surface area contributed by atoms with Crippen LogP contribution in [0.1, 0.15) is 28.5 Å². The number of guanidine groups is 1. The molecule has 8 heteroatoms. The largest absolute Gasteiger partial charge is 0.469 e. The summed E-state index contributed by atoms with van der Waals surface area (Å²) in [5, 5.41) is 6.76. The molecule has 0 aliphatic carbocycles. The molecule has 1 fully saturated rings. The van der Waals surface area contributed by atoms with Crippen molar-refractivity contribution in [1.29, 1.82) is 0 Å². The molecule has 0 spiro atoms. The molecule has 2 N–H and O–H groups in total. The van der Waals surface area contributed by atoms with Gasteiger partial charge in [-0.25, -0.2) is 0 Å². The minimum absolute atomic E-state index is 0. The van der Waals surface area contributed by atoms with Gasteiger partial charge in [0, 0.05) is 42.4 Å². The number of morpholine rings is 1. The number of ether oxygens (including phenoxy) is 1. The third kappa shape index (κ3) is 7.06. The summed E-state index contributed by atoms with van der Waals surface area (Å²) in [6.45, 7) is 10.1. The third-order valence-corrected chi connectivity index (χ3v) is 5.69. The van der Waals surface area contributed by atoms with Crippen LogP contribution in [0.2, 0.25) is 0 Å². The summed E-state index contributed by atoms with van der Waals surface area (Å²) < 4.78 is 10.9. The number of rotatable bonds is 8. The van der Waals surface area contributed by atoms with Crippen molar-refractivity contribution in [3.05, 3.63) is 46.0 Å². The summed E-state index contributed by atoms with van der Waals surface area (Å²) in [6.07, 6.45) is 2.55. The number of aryl methyl sites for hydroxylation is 1. The number of nitrogens with zero attached hydrogens (tertiary/aromatic N) is 2. The van der Waals surface area contributed by atoms with Gasteiger partial charge in [-0.3, -0.25) is 9.89 Å². The van der Waals surface area contributed by atoms with Gasteiger partial charge in [-0.05, 0) is 38.1 Å². The van der Waals surface area contributed by atoms with E-state index in [0.717, 1.165) is 64.1 Å². The smallest absolute Gasteiger partial charge is 0.191 e. The molecule has 0 aromatic carbocycles. The lowest BCUT2D eigenvalue weighted by Gasteiger charge is -2.33. The standard InChI is InChI=1S/C20H30N4O2S.HI/c1-3-21-20(22-9-8-17-5-4-12-26-17)23-15-18(19-7-6-16(2)27-19)24-10-13-25-14-11-24;/h4-7,12,18H,3,8-11,13-15H2,1-2H3,(H2,21,22,23);1H. The maximum Gasteiger partial charge on any atom is 0.191 e. The van der Waals surface area contributed by atoms with E-state index in [0.29, 0.717) is 6.04 Å². The number of furan rings is 1. The van der Waals surface area contributed by atoms with Crippen LogP contribution in [0.5, 0.6) is 0 Å². The van der Waals surface area contributed by atoms with E-state index in [2.05, 4.69) is 41.5 Å². The second-order valence-electron chi connectivity index (χ2n) is 6.59. The Bertz CT molecular complexity index is 699. The predicted octanol–water partition coefficient (Wildman–Crippen LogP) is 3.44. The van der Waals surface area contributed by atoms with Crippen molar-refractivity contribution < 1.29 is 9.15 Å². The van der Waals surface area contributed by atoms with Crippen LogP contribution in [-0.4, -0.2) is 56.8 Å². The van der Waals surface area contributed by atoms with Crippen molar-refractivity contribution in [2.45, 2.75) is 26.3 Å². The molecule has 2 aromatic rings. The molecule has 0 bridgehead atoms. The fourth-order valence-electron chi connectivity index (χ4n) is 3.19. The number of thiophene rings is 1. The Morgan fingerprint density at radius 2 is 2.07 bits per heavy atom. The second-order valence-corrected chi connectivity index (χ2v) is 7.91. The van der Waals surface area contributed by atoms with E-state index in [4.69, 9.17) is 14.1 Å². The van der Waals surface area contributed by atoms with Crippen molar-refractivity contribution in [3.8, 4) is 0 Å². The molecular weight excluding hydrogens is 487 g/mol. The Morgan fingerprint density at radius 1 is 1.25 bits per heavy atom. The lowest BCUT2D eigenvalue weighted by molar-refractivity contribution is 0.0186. The Labute approximate surface area is 188 Å². The summed E-state index contributed by atoms with van der Waals surface area (Å²) in [5.74, 6) is 1.84. The van der Waals surface area contributed by atoms with Crippen LogP contribution < -0.4 is 10.6 Å². The van der Waals surface area contributed by atoms with Crippen LogP contribution in [0.3, 0.4) is 0 Å². The van der Waals surface area contributed by atoms with E-state index in [1.807, 2.05) is 23.5 Å². The first kappa shape index (κ1) is 23.2. The van der Waals surface area contributed by atoms with Gasteiger partial charge < -0.3 is 19.8 Å². The van der Waals surface area contributed by atoms with Gasteiger partial charge in [0.05, 0.1) is 32.1 Å². The Kier molecular flexibility index (Phi) is 10.3. The second kappa shape index (κ2) is 12.5. The van der Waals surface area contributed by atoms with Crippen molar-refractivity contribution in [2.75, 3.05) is 45.9 Å². The Hall–Kier alpha value is -1.10. The highest BCUT2D eigenvalue weighted by Crippen LogP contribution is 2.28. The molecule has 3 heterocycles. The molecule has 1 saturated heterocycles. The zero-order valence-electron chi connectivity index (χ0n) is 16.6. The summed E-state index contributed by atoms with van der Waals surface area (Å²) in [4.78, 5) is 10.1. The van der Waals surface area contributed by atoms with Gasteiger partial charge in [-0.15, -0.1) is 35.3 Å². The van der Waals surface area contributed by atoms with Gasteiger partial charge in [0.15, 0.2) is 5.96 Å². The van der Waals surface area contributed by atoms with Crippen molar-refractivity contribution in [2.24, 2.45) is 4.99 Å². The molecule has 28 heavy (non-hydrogen) atoms. The van der Waals surface area contributed by atoms with E-state index >= 15 is 0 Å². The van der Waals surface area contributed by atoms with Gasteiger partial charge in [-0.1, -0.05) is 0 Å². The highest BCUT2D eigenvalue weighted by Gasteiger charge is 2.23. The molecule has 1 aliphatic rings. The maximum absolute atomic E-state index is 5.54. The highest BCUT2D eigenvalue weighted by atomic mass is 127. The van der Waals surface area contributed by atoms with E-state index in [1.54, 1.807) is 6.26 Å². The van der Waals surface area contributed by atoms with Gasteiger partial charge in [0.2, 0.25) is 0 Å². The minimum atomic E-state index is 0. The molecular formula is C20H31IN4O2S. The summed E-state index contributed by atoms with van der Waals surface area (Å²) in [6, 6.07) is 8.66. The Morgan fingerprint density at radius 3 is 2.71 bits per heavy atom. The van der Waals surface area contributed by atoms with Crippen LogP contribution in [0.15, 0.2) is 39.9 Å². The molecule has 1 atom stereocenters. The first-order valence-electron chi connectivity index (χ1n) is 9.69. The molecule has 1 aliphatic heterocycles. The van der Waals surface area contributed by atoms with Gasteiger partial charge in [0.1, 0.15) is 5.76 Å². The lowest BCUT2D eigenvalue weighted by Crippen LogP contribution is -2.42. The zero-order valence-corrected chi connectivity index (χ0v) is 19.8. The predicted molar refractivity (Wildman–Crippen MR) is 126 cm³/mol. The van der Waals surface area contributed by atoms with Gasteiger partial charge >= 0.3 is 0 Å². The van der Waals surface area contributed by atoms with Crippen molar-refractivity contribution >= 4 is 41.3 Å². The van der Waals surface area contributed by atoms with Crippen LogP contribution in [0, 0.1) is 6.92 Å².